The maximum Gasteiger partial charge on any atom is 0.267 e. The van der Waals surface area contributed by atoms with Gasteiger partial charge in [-0.1, -0.05) is 36.5 Å². The summed E-state index contributed by atoms with van der Waals surface area (Å²) >= 11 is 1.40. The van der Waals surface area contributed by atoms with Gasteiger partial charge in [0.15, 0.2) is 22.7 Å². The zero-order valence-corrected chi connectivity index (χ0v) is 15.0. The van der Waals surface area contributed by atoms with E-state index in [-0.39, 0.29) is 5.91 Å². The lowest BCUT2D eigenvalue weighted by Gasteiger charge is -2.17. The summed E-state index contributed by atoms with van der Waals surface area (Å²) in [5.74, 6) is 1.85. The van der Waals surface area contributed by atoms with Crippen molar-refractivity contribution in [3.05, 3.63) is 42.5 Å². The molecular weight excluding hydrogens is 352 g/mol. The summed E-state index contributed by atoms with van der Waals surface area (Å²) in [7, 11) is 0. The molecule has 0 spiro atoms. The SMILES string of the molecule is CCC(Oc1ccccc1)C(=O)Nc1nc2cc3c(cc2s1)OCCO3. The molecule has 7 heteroatoms. The van der Waals surface area contributed by atoms with Gasteiger partial charge in [-0.2, -0.15) is 0 Å². The molecule has 0 saturated heterocycles. The number of thiazole rings is 1. The van der Waals surface area contributed by atoms with Crippen LogP contribution in [0.5, 0.6) is 17.2 Å². The van der Waals surface area contributed by atoms with Crippen molar-refractivity contribution >= 4 is 32.6 Å². The Kier molecular flexibility index (Phi) is 4.62. The van der Waals surface area contributed by atoms with Gasteiger partial charge in [-0.05, 0) is 18.6 Å². The van der Waals surface area contributed by atoms with E-state index in [9.17, 15) is 4.79 Å². The topological polar surface area (TPSA) is 69.7 Å². The second-order valence-electron chi connectivity index (χ2n) is 5.80. The molecule has 134 valence electrons. The van der Waals surface area contributed by atoms with Crippen LogP contribution in [0.3, 0.4) is 0 Å². The van der Waals surface area contributed by atoms with Crippen molar-refractivity contribution in [2.75, 3.05) is 18.5 Å². The zero-order chi connectivity index (χ0) is 17.9. The van der Waals surface area contributed by atoms with Gasteiger partial charge in [-0.15, -0.1) is 0 Å². The Morgan fingerprint density at radius 2 is 1.96 bits per heavy atom. The third kappa shape index (κ3) is 3.43. The first-order chi connectivity index (χ1) is 12.7. The van der Waals surface area contributed by atoms with Crippen LogP contribution in [0.15, 0.2) is 42.5 Å². The molecular formula is C19H18N2O4S. The third-order valence-electron chi connectivity index (χ3n) is 3.97. The van der Waals surface area contributed by atoms with Gasteiger partial charge in [0.05, 0.1) is 10.2 Å². The molecule has 0 radical (unpaired) electrons. The van der Waals surface area contributed by atoms with Crippen molar-refractivity contribution in [2.45, 2.75) is 19.4 Å². The minimum atomic E-state index is -0.579. The van der Waals surface area contributed by atoms with Gasteiger partial charge < -0.3 is 14.2 Å². The Labute approximate surface area is 154 Å². The summed E-state index contributed by atoms with van der Waals surface area (Å²) in [4.78, 5) is 17.0. The summed E-state index contributed by atoms with van der Waals surface area (Å²) in [6.45, 7) is 2.98. The number of ether oxygens (including phenoxy) is 3. The van der Waals surface area contributed by atoms with Gasteiger partial charge in [0.1, 0.15) is 19.0 Å². The Morgan fingerprint density at radius 1 is 1.23 bits per heavy atom. The van der Waals surface area contributed by atoms with Crippen LogP contribution in [0, 0.1) is 0 Å². The molecule has 0 saturated carbocycles. The van der Waals surface area contributed by atoms with Crippen LogP contribution in [0.1, 0.15) is 13.3 Å². The fraction of sp³-hybridized carbons (Fsp3) is 0.263. The van der Waals surface area contributed by atoms with E-state index in [4.69, 9.17) is 14.2 Å². The second-order valence-corrected chi connectivity index (χ2v) is 6.83. The number of hydrogen-bond donors (Lipinski definition) is 1. The van der Waals surface area contributed by atoms with Crippen LogP contribution in [-0.4, -0.2) is 30.2 Å². The summed E-state index contributed by atoms with van der Waals surface area (Å²) in [5, 5.41) is 3.39. The molecule has 1 unspecified atom stereocenters. The van der Waals surface area contributed by atoms with E-state index in [0.29, 0.717) is 42.0 Å². The summed E-state index contributed by atoms with van der Waals surface area (Å²) in [5.41, 5.74) is 0.770. The highest BCUT2D eigenvalue weighted by Gasteiger charge is 2.21. The van der Waals surface area contributed by atoms with Crippen LogP contribution in [-0.2, 0) is 4.79 Å². The maximum atomic E-state index is 12.6. The number of amides is 1. The number of carbonyl (C=O) groups excluding carboxylic acids is 1. The average molecular weight is 370 g/mol. The van der Waals surface area contributed by atoms with E-state index < -0.39 is 6.10 Å². The lowest BCUT2D eigenvalue weighted by atomic mass is 10.2. The number of hydrogen-bond acceptors (Lipinski definition) is 6. The number of anilines is 1. The smallest absolute Gasteiger partial charge is 0.267 e. The minimum absolute atomic E-state index is 0.215. The number of benzene rings is 2. The monoisotopic (exact) mass is 370 g/mol. The Morgan fingerprint density at radius 3 is 2.69 bits per heavy atom. The predicted molar refractivity (Wildman–Crippen MR) is 100 cm³/mol. The fourth-order valence-electron chi connectivity index (χ4n) is 2.69. The van der Waals surface area contributed by atoms with E-state index in [1.807, 2.05) is 49.4 Å². The molecule has 2 heterocycles. The highest BCUT2D eigenvalue weighted by molar-refractivity contribution is 7.22. The van der Waals surface area contributed by atoms with Gasteiger partial charge in [-0.25, -0.2) is 4.98 Å². The lowest BCUT2D eigenvalue weighted by molar-refractivity contribution is -0.122. The highest BCUT2D eigenvalue weighted by Crippen LogP contribution is 2.37. The normalized spacial score (nSPS) is 14.0. The molecule has 1 N–H and O–H groups in total. The van der Waals surface area contributed by atoms with Crippen molar-refractivity contribution in [1.82, 2.24) is 4.98 Å². The summed E-state index contributed by atoms with van der Waals surface area (Å²) in [6, 6.07) is 13.1. The van der Waals surface area contributed by atoms with E-state index in [0.717, 1.165) is 10.2 Å². The second kappa shape index (κ2) is 7.21. The number of fused-ring (bicyclic) bond motifs is 2. The molecule has 1 aliphatic rings. The molecule has 0 aliphatic carbocycles. The van der Waals surface area contributed by atoms with Gasteiger partial charge >= 0.3 is 0 Å². The van der Waals surface area contributed by atoms with E-state index in [1.54, 1.807) is 0 Å². The van der Waals surface area contributed by atoms with Gasteiger partial charge in [0.2, 0.25) is 0 Å². The molecule has 4 rings (SSSR count). The molecule has 1 amide bonds. The number of rotatable bonds is 5. The zero-order valence-electron chi connectivity index (χ0n) is 14.2. The fourth-order valence-corrected chi connectivity index (χ4v) is 3.57. The van der Waals surface area contributed by atoms with E-state index in [2.05, 4.69) is 10.3 Å². The number of carbonyl (C=O) groups is 1. The molecule has 0 fully saturated rings. The van der Waals surface area contributed by atoms with E-state index >= 15 is 0 Å². The van der Waals surface area contributed by atoms with Crippen LogP contribution in [0.2, 0.25) is 0 Å². The first-order valence-electron chi connectivity index (χ1n) is 8.45. The molecule has 0 bridgehead atoms. The number of aromatic nitrogens is 1. The Balaban J connectivity index is 1.51. The third-order valence-corrected chi connectivity index (χ3v) is 4.90. The number of nitrogens with zero attached hydrogens (tertiary/aromatic N) is 1. The number of nitrogens with one attached hydrogen (secondary N) is 1. The quantitative estimate of drug-likeness (QED) is 0.738. The molecule has 3 aromatic rings. The van der Waals surface area contributed by atoms with Crippen LogP contribution in [0.25, 0.3) is 10.2 Å². The van der Waals surface area contributed by atoms with Crippen LogP contribution < -0.4 is 19.5 Å². The minimum Gasteiger partial charge on any atom is -0.486 e. The van der Waals surface area contributed by atoms with Crippen molar-refractivity contribution in [3.63, 3.8) is 0 Å². The largest absolute Gasteiger partial charge is 0.486 e. The molecule has 1 aliphatic heterocycles. The Bertz CT molecular complexity index is 883. The van der Waals surface area contributed by atoms with Gasteiger partial charge in [0.25, 0.3) is 5.91 Å². The van der Waals surface area contributed by atoms with Crippen molar-refractivity contribution < 1.29 is 19.0 Å². The Hall–Kier alpha value is -2.80. The predicted octanol–water partition coefficient (Wildman–Crippen LogP) is 3.86. The van der Waals surface area contributed by atoms with Crippen LogP contribution in [0.4, 0.5) is 5.13 Å². The standard InChI is InChI=1S/C19H18N2O4S/c1-2-14(25-12-6-4-3-5-7-12)18(22)21-19-20-13-10-15-16(11-17(13)26-19)24-9-8-23-15/h3-7,10-11,14H,2,8-9H2,1H3,(H,20,21,22). The van der Waals surface area contributed by atoms with Crippen molar-refractivity contribution in [3.8, 4) is 17.2 Å². The summed E-state index contributed by atoms with van der Waals surface area (Å²) in [6.07, 6.45) is -0.0222. The van der Waals surface area contributed by atoms with Gasteiger partial charge in [0, 0.05) is 12.1 Å². The molecule has 2 aromatic carbocycles. The van der Waals surface area contributed by atoms with Crippen molar-refractivity contribution in [2.24, 2.45) is 0 Å². The average Bonchev–Trinajstić information content (AvgIpc) is 3.05. The first-order valence-corrected chi connectivity index (χ1v) is 9.27. The summed E-state index contributed by atoms with van der Waals surface area (Å²) < 4.78 is 17.9. The van der Waals surface area contributed by atoms with E-state index in [1.165, 1.54) is 11.3 Å². The first kappa shape index (κ1) is 16.7. The molecule has 1 atom stereocenters. The van der Waals surface area contributed by atoms with Gasteiger partial charge in [-0.3, -0.25) is 10.1 Å². The number of para-hydroxylation sites is 1. The maximum absolute atomic E-state index is 12.6. The molecule has 1 aromatic heterocycles. The molecule has 6 nitrogen and oxygen atoms in total. The lowest BCUT2D eigenvalue weighted by Crippen LogP contribution is -2.32. The highest BCUT2D eigenvalue weighted by atomic mass is 32.1. The molecule has 26 heavy (non-hydrogen) atoms. The van der Waals surface area contributed by atoms with Crippen molar-refractivity contribution in [1.29, 1.82) is 0 Å². The van der Waals surface area contributed by atoms with Crippen LogP contribution >= 0.6 is 11.3 Å².